The molecular formula is C20H34O17. The second-order valence-corrected chi connectivity index (χ2v) is 9.31. The summed E-state index contributed by atoms with van der Waals surface area (Å²) in [4.78, 5) is 0. The fourth-order valence-corrected chi connectivity index (χ4v) is 4.45. The monoisotopic (exact) mass is 546 g/mol. The van der Waals surface area contributed by atoms with Gasteiger partial charge in [-0.1, -0.05) is 0 Å². The second kappa shape index (κ2) is 12.2. The first kappa shape index (κ1) is 29.3. The predicted octanol–water partition coefficient (Wildman–Crippen LogP) is -7.19. The SMILES string of the molecule is OC[C@@H]1O[C@@H](O[C@@H]2[C@@H](O)[C@H](O[C@@H]3COC(O)[C@H](O)[C@H]3O)OC[C@H]2O)[C@H](O[C@@H]2OC[C@@H](O)[C@H](O)[C@H]2O)[C@H]1O. The maximum atomic E-state index is 10.8. The molecule has 16 atom stereocenters. The lowest BCUT2D eigenvalue weighted by Gasteiger charge is -2.42. The van der Waals surface area contributed by atoms with Crippen molar-refractivity contribution in [3.63, 3.8) is 0 Å². The summed E-state index contributed by atoms with van der Waals surface area (Å²) in [6.07, 6.45) is -24.3. The van der Waals surface area contributed by atoms with Gasteiger partial charge in [0.2, 0.25) is 0 Å². The Morgan fingerprint density at radius 1 is 0.541 bits per heavy atom. The molecule has 10 N–H and O–H groups in total. The molecule has 4 rings (SSSR count). The van der Waals surface area contributed by atoms with E-state index in [4.69, 9.17) is 33.2 Å². The first-order chi connectivity index (χ1) is 17.5. The molecule has 0 aromatic carbocycles. The van der Waals surface area contributed by atoms with Crippen LogP contribution in [-0.4, -0.2) is 176 Å². The Balaban J connectivity index is 1.43. The van der Waals surface area contributed by atoms with Crippen molar-refractivity contribution >= 4 is 0 Å². The molecule has 0 radical (unpaired) electrons. The summed E-state index contributed by atoms with van der Waals surface area (Å²) in [5, 5.41) is 100. The predicted molar refractivity (Wildman–Crippen MR) is 110 cm³/mol. The molecule has 0 bridgehead atoms. The highest BCUT2D eigenvalue weighted by molar-refractivity contribution is 4.94. The number of aliphatic hydroxyl groups is 10. The molecule has 4 aliphatic rings. The quantitative estimate of drug-likeness (QED) is 0.142. The third-order valence-corrected chi connectivity index (χ3v) is 6.70. The Morgan fingerprint density at radius 2 is 1.16 bits per heavy atom. The maximum absolute atomic E-state index is 10.8. The second-order valence-electron chi connectivity index (χ2n) is 9.31. The van der Waals surface area contributed by atoms with E-state index in [2.05, 4.69) is 0 Å². The summed E-state index contributed by atoms with van der Waals surface area (Å²) >= 11 is 0. The summed E-state index contributed by atoms with van der Waals surface area (Å²) < 4.78 is 37.6. The van der Waals surface area contributed by atoms with Gasteiger partial charge in [-0.2, -0.15) is 0 Å². The zero-order valence-corrected chi connectivity index (χ0v) is 19.4. The van der Waals surface area contributed by atoms with Gasteiger partial charge in [-0.3, -0.25) is 0 Å². The molecule has 17 nitrogen and oxygen atoms in total. The van der Waals surface area contributed by atoms with Crippen molar-refractivity contribution < 1.29 is 84.2 Å². The highest BCUT2D eigenvalue weighted by atomic mass is 16.8. The molecule has 4 aliphatic heterocycles. The molecule has 0 amide bonds. The third-order valence-electron chi connectivity index (χ3n) is 6.70. The Kier molecular flexibility index (Phi) is 9.69. The lowest BCUT2D eigenvalue weighted by atomic mass is 10.0. The molecular weight excluding hydrogens is 512 g/mol. The van der Waals surface area contributed by atoms with E-state index in [0.717, 1.165) is 0 Å². The van der Waals surface area contributed by atoms with Crippen molar-refractivity contribution in [1.29, 1.82) is 0 Å². The van der Waals surface area contributed by atoms with Gasteiger partial charge in [0.25, 0.3) is 0 Å². The van der Waals surface area contributed by atoms with E-state index >= 15 is 0 Å². The summed E-state index contributed by atoms with van der Waals surface area (Å²) in [5.74, 6) is 0. The van der Waals surface area contributed by atoms with Gasteiger partial charge < -0.3 is 84.2 Å². The van der Waals surface area contributed by atoms with Crippen LogP contribution in [0.15, 0.2) is 0 Å². The van der Waals surface area contributed by atoms with Gasteiger partial charge in [-0.15, -0.1) is 0 Å². The fraction of sp³-hybridized carbons (Fsp3) is 1.00. The van der Waals surface area contributed by atoms with Crippen LogP contribution in [0.4, 0.5) is 0 Å². The van der Waals surface area contributed by atoms with Crippen LogP contribution < -0.4 is 0 Å². The number of hydrogen-bond acceptors (Lipinski definition) is 17. The van der Waals surface area contributed by atoms with Crippen LogP contribution in [0, 0.1) is 0 Å². The minimum absolute atomic E-state index is 0.351. The van der Waals surface area contributed by atoms with E-state index in [1.807, 2.05) is 0 Å². The highest BCUT2D eigenvalue weighted by Crippen LogP contribution is 2.32. The molecule has 4 saturated heterocycles. The van der Waals surface area contributed by atoms with Gasteiger partial charge in [-0.25, -0.2) is 0 Å². The van der Waals surface area contributed by atoms with Crippen LogP contribution in [0.2, 0.25) is 0 Å². The normalized spacial score (nSPS) is 53.4. The Bertz CT molecular complexity index is 731. The molecule has 0 aliphatic carbocycles. The standard InChI is InChI=1S/C20H34O17/c21-1-7-11(26)16(37-18-13(28)9(24)5(22)2-32-18)20(34-7)36-15-6(23)3-33-19(14(15)29)35-8-4-31-17(30)12(27)10(8)25/h5-30H,1-4H2/t5-,6-,7+,8-,9+,10+,11+,12-,13-,14-,15+,16-,17?,18+,19+,20+/m1/s1. The number of hydrogen-bond donors (Lipinski definition) is 10. The summed E-state index contributed by atoms with van der Waals surface area (Å²) in [6.45, 7) is -1.83. The van der Waals surface area contributed by atoms with Crippen LogP contribution >= 0.6 is 0 Å². The average Bonchev–Trinajstić information content (AvgIpc) is 3.17. The lowest BCUT2D eigenvalue weighted by Crippen LogP contribution is -2.60. The Morgan fingerprint density at radius 3 is 1.84 bits per heavy atom. The fourth-order valence-electron chi connectivity index (χ4n) is 4.45. The van der Waals surface area contributed by atoms with Crippen molar-refractivity contribution in [3.05, 3.63) is 0 Å². The first-order valence-corrected chi connectivity index (χ1v) is 11.7. The van der Waals surface area contributed by atoms with Gasteiger partial charge >= 0.3 is 0 Å². The van der Waals surface area contributed by atoms with E-state index in [0.29, 0.717) is 0 Å². The van der Waals surface area contributed by atoms with E-state index in [1.165, 1.54) is 0 Å². The highest BCUT2D eigenvalue weighted by Gasteiger charge is 2.52. The number of aliphatic hydroxyl groups excluding tert-OH is 10. The molecule has 0 aromatic heterocycles. The zero-order valence-electron chi connectivity index (χ0n) is 19.4. The van der Waals surface area contributed by atoms with Crippen molar-refractivity contribution in [2.24, 2.45) is 0 Å². The Labute approximate surface area is 209 Å². The van der Waals surface area contributed by atoms with Gasteiger partial charge in [0.1, 0.15) is 73.2 Å². The average molecular weight is 546 g/mol. The van der Waals surface area contributed by atoms with E-state index in [-0.39, 0.29) is 13.2 Å². The van der Waals surface area contributed by atoms with E-state index in [1.54, 1.807) is 0 Å². The smallest absolute Gasteiger partial charge is 0.187 e. The van der Waals surface area contributed by atoms with E-state index in [9.17, 15) is 51.1 Å². The largest absolute Gasteiger partial charge is 0.394 e. The van der Waals surface area contributed by atoms with Gasteiger partial charge in [0.15, 0.2) is 25.2 Å². The van der Waals surface area contributed by atoms with Crippen LogP contribution in [0.3, 0.4) is 0 Å². The third kappa shape index (κ3) is 6.08. The molecule has 0 saturated carbocycles. The molecule has 1 unspecified atom stereocenters. The number of rotatable bonds is 7. The minimum Gasteiger partial charge on any atom is -0.394 e. The lowest BCUT2D eigenvalue weighted by molar-refractivity contribution is -0.346. The maximum Gasteiger partial charge on any atom is 0.187 e. The van der Waals surface area contributed by atoms with Crippen LogP contribution in [0.25, 0.3) is 0 Å². The summed E-state index contributed by atoms with van der Waals surface area (Å²) in [7, 11) is 0. The van der Waals surface area contributed by atoms with Gasteiger partial charge in [0, 0.05) is 0 Å². The number of ether oxygens (including phenoxy) is 7. The van der Waals surface area contributed by atoms with Gasteiger partial charge in [-0.05, 0) is 0 Å². The molecule has 4 fully saturated rings. The topological polar surface area (TPSA) is 267 Å². The van der Waals surface area contributed by atoms with Crippen molar-refractivity contribution in [1.82, 2.24) is 0 Å². The van der Waals surface area contributed by atoms with Crippen molar-refractivity contribution in [2.75, 3.05) is 26.4 Å². The van der Waals surface area contributed by atoms with E-state index < -0.39 is 112 Å². The molecule has 37 heavy (non-hydrogen) atoms. The summed E-state index contributed by atoms with van der Waals surface area (Å²) in [6, 6.07) is 0. The van der Waals surface area contributed by atoms with Gasteiger partial charge in [0.05, 0.1) is 26.4 Å². The zero-order chi connectivity index (χ0) is 27.0. The molecule has 4 heterocycles. The van der Waals surface area contributed by atoms with Crippen LogP contribution in [0.1, 0.15) is 0 Å². The van der Waals surface area contributed by atoms with Crippen LogP contribution in [-0.2, 0) is 33.2 Å². The molecule has 0 aromatic rings. The Hall–Kier alpha value is -0.680. The van der Waals surface area contributed by atoms with Crippen molar-refractivity contribution in [3.8, 4) is 0 Å². The molecule has 17 heteroatoms. The van der Waals surface area contributed by atoms with Crippen LogP contribution in [0.5, 0.6) is 0 Å². The van der Waals surface area contributed by atoms with Crippen molar-refractivity contribution in [2.45, 2.75) is 98.4 Å². The minimum atomic E-state index is -1.72. The molecule has 0 spiro atoms. The summed E-state index contributed by atoms with van der Waals surface area (Å²) in [5.41, 5.74) is 0. The first-order valence-electron chi connectivity index (χ1n) is 11.7. The molecule has 216 valence electrons.